The first-order valence-corrected chi connectivity index (χ1v) is 9.89. The third-order valence-corrected chi connectivity index (χ3v) is 5.76. The van der Waals surface area contributed by atoms with Crippen molar-refractivity contribution in [3.8, 4) is 0 Å². The predicted molar refractivity (Wildman–Crippen MR) is 106 cm³/mol. The van der Waals surface area contributed by atoms with E-state index in [1.807, 2.05) is 33.7 Å². The Hall–Kier alpha value is -2.61. The Labute approximate surface area is 163 Å². The highest BCUT2D eigenvalue weighted by Gasteiger charge is 2.30. The van der Waals surface area contributed by atoms with Crippen LogP contribution in [0.3, 0.4) is 0 Å². The lowest BCUT2D eigenvalue weighted by atomic mass is 9.97. The number of methoxy groups -OCH3 is 1. The van der Waals surface area contributed by atoms with Crippen molar-refractivity contribution in [1.29, 1.82) is 0 Å². The number of carbonyl (C=O) groups excluding carboxylic acids is 1. The first-order valence-electron chi connectivity index (χ1n) is 9.89. The summed E-state index contributed by atoms with van der Waals surface area (Å²) >= 11 is 0. The van der Waals surface area contributed by atoms with E-state index in [1.54, 1.807) is 11.5 Å². The third-order valence-electron chi connectivity index (χ3n) is 5.76. The van der Waals surface area contributed by atoms with Crippen LogP contribution in [0.4, 0.5) is 0 Å². The summed E-state index contributed by atoms with van der Waals surface area (Å²) in [7, 11) is 1.65. The van der Waals surface area contributed by atoms with Crippen molar-refractivity contribution in [3.05, 3.63) is 34.7 Å². The molecule has 1 aliphatic rings. The molecule has 3 heterocycles. The number of imidazole rings is 1. The smallest absolute Gasteiger partial charge is 0.352 e. The molecule has 8 nitrogen and oxygen atoms in total. The van der Waals surface area contributed by atoms with Gasteiger partial charge in [0.1, 0.15) is 6.54 Å². The summed E-state index contributed by atoms with van der Waals surface area (Å²) in [6.07, 6.45) is 3.14. The number of hydrogen-bond acceptors (Lipinski definition) is 4. The Morgan fingerprint density at radius 2 is 1.86 bits per heavy atom. The standard InChI is InChI=1S/C20H27N5O3/c1-14-7-6-8-15(2)24(14)18(26)13-23-20(27)25-17-10-5-4-9-16(17)22(11-12-28-3)19(25)21-23/h4-5,9-10,14-15H,6-8,11-13H2,1-3H3/t14-,15+. The van der Waals surface area contributed by atoms with Crippen molar-refractivity contribution in [2.24, 2.45) is 0 Å². The van der Waals surface area contributed by atoms with Gasteiger partial charge in [-0.25, -0.2) is 13.9 Å². The van der Waals surface area contributed by atoms with Crippen LogP contribution in [-0.4, -0.2) is 55.4 Å². The van der Waals surface area contributed by atoms with Gasteiger partial charge in [-0.2, -0.15) is 0 Å². The van der Waals surface area contributed by atoms with Gasteiger partial charge in [0, 0.05) is 25.7 Å². The fourth-order valence-corrected chi connectivity index (χ4v) is 4.40. The molecule has 0 unspecified atom stereocenters. The molecule has 0 saturated carbocycles. The van der Waals surface area contributed by atoms with Crippen molar-refractivity contribution in [2.45, 2.75) is 58.3 Å². The number of amides is 1. The fraction of sp³-hybridized carbons (Fsp3) is 0.550. The number of likely N-dealkylation sites (tertiary alicyclic amines) is 1. The van der Waals surface area contributed by atoms with E-state index in [-0.39, 0.29) is 30.2 Å². The van der Waals surface area contributed by atoms with Crippen molar-refractivity contribution >= 4 is 22.7 Å². The Bertz CT molecular complexity index is 1050. The van der Waals surface area contributed by atoms with Gasteiger partial charge in [0.2, 0.25) is 11.7 Å². The molecule has 4 rings (SSSR count). The molecular formula is C20H27N5O3. The Morgan fingerprint density at radius 1 is 1.18 bits per heavy atom. The molecule has 150 valence electrons. The first kappa shape index (κ1) is 18.7. The minimum Gasteiger partial charge on any atom is -0.383 e. The summed E-state index contributed by atoms with van der Waals surface area (Å²) in [4.78, 5) is 27.9. The van der Waals surface area contributed by atoms with Crippen LogP contribution in [0.15, 0.2) is 29.1 Å². The number of rotatable bonds is 5. The van der Waals surface area contributed by atoms with E-state index in [0.29, 0.717) is 18.9 Å². The third kappa shape index (κ3) is 3.01. The van der Waals surface area contributed by atoms with E-state index in [1.165, 1.54) is 4.68 Å². The normalized spacial score (nSPS) is 20.3. The van der Waals surface area contributed by atoms with Crippen molar-refractivity contribution in [1.82, 2.24) is 23.6 Å². The highest BCUT2D eigenvalue weighted by atomic mass is 16.5. The van der Waals surface area contributed by atoms with Crippen molar-refractivity contribution in [2.75, 3.05) is 13.7 Å². The number of carbonyl (C=O) groups is 1. The molecule has 0 radical (unpaired) electrons. The van der Waals surface area contributed by atoms with E-state index in [0.717, 1.165) is 30.3 Å². The number of aromatic nitrogens is 4. The minimum atomic E-state index is -0.284. The van der Waals surface area contributed by atoms with Gasteiger partial charge in [0.15, 0.2) is 0 Å². The molecule has 1 aliphatic heterocycles. The number of para-hydroxylation sites is 2. The van der Waals surface area contributed by atoms with Crippen LogP contribution >= 0.6 is 0 Å². The number of piperidine rings is 1. The maximum absolute atomic E-state index is 13.1. The van der Waals surface area contributed by atoms with Gasteiger partial charge in [-0.15, -0.1) is 5.10 Å². The summed E-state index contributed by atoms with van der Waals surface area (Å²) < 4.78 is 10.1. The van der Waals surface area contributed by atoms with E-state index < -0.39 is 0 Å². The van der Waals surface area contributed by atoms with Crippen LogP contribution in [0.2, 0.25) is 0 Å². The molecule has 1 saturated heterocycles. The van der Waals surface area contributed by atoms with Gasteiger partial charge in [-0.3, -0.25) is 4.79 Å². The zero-order valence-electron chi connectivity index (χ0n) is 16.7. The van der Waals surface area contributed by atoms with E-state index in [2.05, 4.69) is 18.9 Å². The molecule has 0 aliphatic carbocycles. The van der Waals surface area contributed by atoms with Gasteiger partial charge in [-0.1, -0.05) is 12.1 Å². The molecule has 1 amide bonds. The summed E-state index contributed by atoms with van der Waals surface area (Å²) in [5.74, 6) is 0.492. The number of hydrogen-bond donors (Lipinski definition) is 0. The molecule has 0 spiro atoms. The zero-order chi connectivity index (χ0) is 19.8. The minimum absolute atomic E-state index is 0.0339. The molecule has 1 fully saturated rings. The maximum Gasteiger partial charge on any atom is 0.352 e. The second-order valence-electron chi connectivity index (χ2n) is 7.64. The Kier molecular flexibility index (Phi) is 4.97. The molecule has 28 heavy (non-hydrogen) atoms. The average Bonchev–Trinajstić information content (AvgIpc) is 3.14. The first-order chi connectivity index (χ1) is 13.5. The summed E-state index contributed by atoms with van der Waals surface area (Å²) in [5, 5.41) is 4.51. The molecular weight excluding hydrogens is 358 g/mol. The van der Waals surface area contributed by atoms with E-state index >= 15 is 0 Å². The van der Waals surface area contributed by atoms with Gasteiger partial charge in [0.05, 0.1) is 17.6 Å². The van der Waals surface area contributed by atoms with E-state index in [9.17, 15) is 9.59 Å². The quantitative estimate of drug-likeness (QED) is 0.672. The highest BCUT2D eigenvalue weighted by molar-refractivity contribution is 5.81. The van der Waals surface area contributed by atoms with Crippen LogP contribution in [0.25, 0.3) is 16.8 Å². The van der Waals surface area contributed by atoms with Gasteiger partial charge in [0.25, 0.3) is 0 Å². The average molecular weight is 385 g/mol. The zero-order valence-corrected chi connectivity index (χ0v) is 16.7. The lowest BCUT2D eigenvalue weighted by molar-refractivity contribution is -0.138. The second kappa shape index (κ2) is 7.43. The van der Waals surface area contributed by atoms with Crippen LogP contribution < -0.4 is 5.69 Å². The van der Waals surface area contributed by atoms with Crippen molar-refractivity contribution in [3.63, 3.8) is 0 Å². The fourth-order valence-electron chi connectivity index (χ4n) is 4.40. The second-order valence-corrected chi connectivity index (χ2v) is 7.64. The molecule has 2 atom stereocenters. The lowest BCUT2D eigenvalue weighted by Gasteiger charge is -2.39. The van der Waals surface area contributed by atoms with Crippen molar-refractivity contribution < 1.29 is 9.53 Å². The molecule has 0 bridgehead atoms. The number of nitrogens with zero attached hydrogens (tertiary/aromatic N) is 5. The monoisotopic (exact) mass is 385 g/mol. The maximum atomic E-state index is 13.1. The number of benzene rings is 1. The Morgan fingerprint density at radius 3 is 2.54 bits per heavy atom. The molecule has 1 aromatic carbocycles. The van der Waals surface area contributed by atoms with Crippen LogP contribution in [-0.2, 0) is 22.6 Å². The number of fused-ring (bicyclic) bond motifs is 3. The molecule has 8 heteroatoms. The van der Waals surface area contributed by atoms with Gasteiger partial charge in [-0.05, 0) is 45.2 Å². The molecule has 2 aromatic heterocycles. The topological polar surface area (TPSA) is 73.8 Å². The van der Waals surface area contributed by atoms with Gasteiger partial charge >= 0.3 is 5.69 Å². The highest BCUT2D eigenvalue weighted by Crippen LogP contribution is 2.23. The number of ether oxygens (including phenoxy) is 1. The SMILES string of the molecule is COCCn1c2ccccc2n2c(=O)n(CC(=O)N3[C@H](C)CCC[C@@H]3C)nc12. The summed E-state index contributed by atoms with van der Waals surface area (Å²) in [5.41, 5.74) is 1.43. The predicted octanol–water partition coefficient (Wildman–Crippen LogP) is 1.89. The van der Waals surface area contributed by atoms with Crippen LogP contribution in [0.1, 0.15) is 33.1 Å². The van der Waals surface area contributed by atoms with Gasteiger partial charge < -0.3 is 14.2 Å². The van der Waals surface area contributed by atoms with Crippen LogP contribution in [0, 0.1) is 0 Å². The Balaban J connectivity index is 1.74. The van der Waals surface area contributed by atoms with Crippen LogP contribution in [0.5, 0.6) is 0 Å². The molecule has 0 N–H and O–H groups in total. The molecule has 3 aromatic rings. The summed E-state index contributed by atoms with van der Waals surface area (Å²) in [6.45, 7) is 5.21. The summed E-state index contributed by atoms with van der Waals surface area (Å²) in [6, 6.07) is 8.09. The lowest BCUT2D eigenvalue weighted by Crippen LogP contribution is -2.49. The van der Waals surface area contributed by atoms with E-state index in [4.69, 9.17) is 4.74 Å². The largest absolute Gasteiger partial charge is 0.383 e.